The molecule has 1 heterocycles. The van der Waals surface area contributed by atoms with Crippen LogP contribution in [0, 0.1) is 11.3 Å². The number of nitriles is 1. The summed E-state index contributed by atoms with van der Waals surface area (Å²) in [4.78, 5) is 39.0. The molecule has 2 amide bonds. The Morgan fingerprint density at radius 2 is 1.91 bits per heavy atom. The Morgan fingerprint density at radius 1 is 1.22 bits per heavy atom. The van der Waals surface area contributed by atoms with E-state index in [1.54, 1.807) is 36.2 Å². The number of primary amides is 1. The maximum atomic E-state index is 12.6. The number of hydrogen-bond donors (Lipinski definition) is 2. The fourth-order valence-corrected chi connectivity index (χ4v) is 4.40. The van der Waals surface area contributed by atoms with E-state index in [9.17, 15) is 19.6 Å². The number of nitrogens with two attached hydrogens (primary N) is 1. The summed E-state index contributed by atoms with van der Waals surface area (Å²) in [6.45, 7) is -0.597. The smallest absolute Gasteiger partial charge is 0.312 e. The molecule has 10 heteroatoms. The number of esters is 1. The quantitative estimate of drug-likeness (QED) is 0.360. The van der Waals surface area contributed by atoms with Crippen LogP contribution in [0.2, 0.25) is 5.02 Å². The summed E-state index contributed by atoms with van der Waals surface area (Å²) < 4.78 is 5.10. The van der Waals surface area contributed by atoms with Gasteiger partial charge in [0, 0.05) is 17.0 Å². The van der Waals surface area contributed by atoms with E-state index in [1.165, 1.54) is 11.8 Å². The van der Waals surface area contributed by atoms with E-state index in [0.717, 1.165) is 10.6 Å². The summed E-state index contributed by atoms with van der Waals surface area (Å²) in [7, 11) is 1.76. The molecule has 0 spiro atoms. The topological polar surface area (TPSA) is 126 Å². The number of amides is 2. The van der Waals surface area contributed by atoms with Gasteiger partial charge in [0.15, 0.2) is 6.61 Å². The maximum Gasteiger partial charge on any atom is 0.312 e. The highest BCUT2D eigenvalue weighted by atomic mass is 35.5. The molecular formula is C22H19ClN4O4S. The average molecular weight is 471 g/mol. The minimum atomic E-state index is -0.814. The SMILES string of the molecule is CN1/C(=C(/C#N)C(=O)COC(=O)CC(NC(N)=O)c2ccc(Cl)cc2)Sc2ccccc21. The number of halogens is 1. The van der Waals surface area contributed by atoms with E-state index in [-0.39, 0.29) is 12.0 Å². The van der Waals surface area contributed by atoms with Crippen LogP contribution in [-0.4, -0.2) is 31.4 Å². The molecule has 1 aliphatic heterocycles. The molecular weight excluding hydrogens is 452 g/mol. The normalized spacial score (nSPS) is 14.7. The van der Waals surface area contributed by atoms with Crippen LogP contribution < -0.4 is 16.0 Å². The number of carbonyl (C=O) groups is 3. The zero-order valence-electron chi connectivity index (χ0n) is 17.0. The molecule has 32 heavy (non-hydrogen) atoms. The molecule has 0 aliphatic carbocycles. The van der Waals surface area contributed by atoms with Gasteiger partial charge in [-0.05, 0) is 29.8 Å². The molecule has 0 radical (unpaired) electrons. The molecule has 1 unspecified atom stereocenters. The van der Waals surface area contributed by atoms with Gasteiger partial charge in [0.2, 0.25) is 5.78 Å². The van der Waals surface area contributed by atoms with Crippen molar-refractivity contribution in [3.8, 4) is 6.07 Å². The van der Waals surface area contributed by atoms with Crippen molar-refractivity contribution in [3.63, 3.8) is 0 Å². The van der Waals surface area contributed by atoms with Crippen LogP contribution in [0.5, 0.6) is 0 Å². The van der Waals surface area contributed by atoms with Gasteiger partial charge in [0.1, 0.15) is 16.7 Å². The Kier molecular flexibility index (Phi) is 7.41. The number of urea groups is 1. The van der Waals surface area contributed by atoms with Crippen molar-refractivity contribution in [2.24, 2.45) is 5.73 Å². The van der Waals surface area contributed by atoms with E-state index < -0.39 is 30.4 Å². The van der Waals surface area contributed by atoms with Gasteiger partial charge in [0.05, 0.1) is 18.2 Å². The zero-order chi connectivity index (χ0) is 23.3. The number of rotatable bonds is 7. The molecule has 2 aromatic carbocycles. The number of fused-ring (bicyclic) bond motifs is 1. The second kappa shape index (κ2) is 10.2. The number of carbonyl (C=O) groups excluding carboxylic acids is 3. The Morgan fingerprint density at radius 3 is 2.53 bits per heavy atom. The van der Waals surface area contributed by atoms with E-state index in [1.807, 2.05) is 30.3 Å². The van der Waals surface area contributed by atoms with Crippen molar-refractivity contribution in [2.75, 3.05) is 18.6 Å². The minimum Gasteiger partial charge on any atom is -0.457 e. The predicted octanol–water partition coefficient (Wildman–Crippen LogP) is 3.53. The summed E-state index contributed by atoms with van der Waals surface area (Å²) in [5.41, 5.74) is 6.59. The summed E-state index contributed by atoms with van der Waals surface area (Å²) in [6, 6.07) is 14.4. The number of ether oxygens (including phenoxy) is 1. The van der Waals surface area contributed by atoms with E-state index in [4.69, 9.17) is 22.1 Å². The van der Waals surface area contributed by atoms with Crippen molar-refractivity contribution in [2.45, 2.75) is 17.4 Å². The highest BCUT2D eigenvalue weighted by molar-refractivity contribution is 8.03. The minimum absolute atomic E-state index is 0.0917. The lowest BCUT2D eigenvalue weighted by Crippen LogP contribution is -2.34. The Bertz CT molecular complexity index is 1130. The van der Waals surface area contributed by atoms with Gasteiger partial charge < -0.3 is 20.7 Å². The first-order valence-electron chi connectivity index (χ1n) is 9.45. The van der Waals surface area contributed by atoms with Crippen molar-refractivity contribution in [1.82, 2.24) is 5.32 Å². The van der Waals surface area contributed by atoms with Crippen molar-refractivity contribution in [3.05, 3.63) is 69.7 Å². The van der Waals surface area contributed by atoms with Crippen molar-refractivity contribution < 1.29 is 19.1 Å². The van der Waals surface area contributed by atoms with Crippen LogP contribution in [0.4, 0.5) is 10.5 Å². The van der Waals surface area contributed by atoms with E-state index in [2.05, 4.69) is 5.32 Å². The van der Waals surface area contributed by atoms with E-state index in [0.29, 0.717) is 15.6 Å². The van der Waals surface area contributed by atoms with Crippen LogP contribution in [0.3, 0.4) is 0 Å². The predicted molar refractivity (Wildman–Crippen MR) is 121 cm³/mol. The summed E-state index contributed by atoms with van der Waals surface area (Å²) >= 11 is 7.18. The van der Waals surface area contributed by atoms with Gasteiger partial charge >= 0.3 is 12.0 Å². The largest absolute Gasteiger partial charge is 0.457 e. The Balaban J connectivity index is 1.66. The third kappa shape index (κ3) is 5.41. The van der Waals surface area contributed by atoms with Crippen LogP contribution in [0.25, 0.3) is 0 Å². The van der Waals surface area contributed by atoms with Crippen molar-refractivity contribution >= 4 is 46.8 Å². The molecule has 3 rings (SSSR count). The third-order valence-electron chi connectivity index (χ3n) is 4.67. The van der Waals surface area contributed by atoms with Gasteiger partial charge in [-0.3, -0.25) is 9.59 Å². The first kappa shape index (κ1) is 23.2. The highest BCUT2D eigenvalue weighted by Gasteiger charge is 2.28. The molecule has 8 nitrogen and oxygen atoms in total. The summed E-state index contributed by atoms with van der Waals surface area (Å²) in [6.07, 6.45) is -0.254. The van der Waals surface area contributed by atoms with Gasteiger partial charge in [0.25, 0.3) is 0 Å². The van der Waals surface area contributed by atoms with Crippen LogP contribution in [0.15, 0.2) is 64.0 Å². The lowest BCUT2D eigenvalue weighted by Gasteiger charge is -2.17. The molecule has 0 bridgehead atoms. The molecule has 0 fully saturated rings. The van der Waals surface area contributed by atoms with Gasteiger partial charge in [-0.25, -0.2) is 4.79 Å². The number of hydrogen-bond acceptors (Lipinski definition) is 7. The first-order chi connectivity index (χ1) is 15.3. The number of thioether (sulfide) groups is 1. The highest BCUT2D eigenvalue weighted by Crippen LogP contribution is 2.46. The summed E-state index contributed by atoms with van der Waals surface area (Å²) in [5.74, 6) is -1.35. The molecule has 164 valence electrons. The number of anilines is 1. The van der Waals surface area contributed by atoms with E-state index >= 15 is 0 Å². The molecule has 0 saturated heterocycles. The number of ketones is 1. The first-order valence-corrected chi connectivity index (χ1v) is 10.6. The summed E-state index contributed by atoms with van der Waals surface area (Å²) in [5, 5.41) is 13.0. The zero-order valence-corrected chi connectivity index (χ0v) is 18.6. The fourth-order valence-electron chi connectivity index (χ4n) is 3.11. The molecule has 2 aromatic rings. The number of para-hydroxylation sites is 1. The second-order valence-electron chi connectivity index (χ2n) is 6.82. The lowest BCUT2D eigenvalue weighted by molar-refractivity contribution is -0.147. The molecule has 0 aromatic heterocycles. The number of Topliss-reactive ketones (excluding diaryl/α,β-unsaturated/α-hetero) is 1. The average Bonchev–Trinajstić information content (AvgIpc) is 3.09. The van der Waals surface area contributed by atoms with Gasteiger partial charge in [-0.1, -0.05) is 47.6 Å². The molecule has 3 N–H and O–H groups in total. The maximum absolute atomic E-state index is 12.6. The lowest BCUT2D eigenvalue weighted by atomic mass is 10.0. The fraction of sp³-hybridized carbons (Fsp3) is 0.182. The van der Waals surface area contributed by atoms with Gasteiger partial charge in [-0.2, -0.15) is 5.26 Å². The molecule has 1 atom stereocenters. The second-order valence-corrected chi connectivity index (χ2v) is 8.29. The van der Waals surface area contributed by atoms with Crippen LogP contribution in [-0.2, 0) is 14.3 Å². The Hall–Kier alpha value is -3.48. The van der Waals surface area contributed by atoms with Crippen molar-refractivity contribution in [1.29, 1.82) is 5.26 Å². The standard InChI is InChI=1S/C22H19ClN4O4S/c1-27-17-4-2-3-5-19(17)32-21(27)15(11-24)18(28)12-31-20(29)10-16(26-22(25)30)13-6-8-14(23)9-7-13/h2-9,16H,10,12H2,1H3,(H3,25,26,30)/b21-15+. The van der Waals surface area contributed by atoms with Crippen LogP contribution >= 0.6 is 23.4 Å². The molecule has 1 aliphatic rings. The third-order valence-corrected chi connectivity index (χ3v) is 6.15. The number of nitrogens with zero attached hydrogens (tertiary/aromatic N) is 2. The van der Waals surface area contributed by atoms with Crippen LogP contribution in [0.1, 0.15) is 18.0 Å². The number of nitrogens with one attached hydrogen (secondary N) is 1. The monoisotopic (exact) mass is 470 g/mol. The molecule has 0 saturated carbocycles. The number of benzene rings is 2. The van der Waals surface area contributed by atoms with Gasteiger partial charge in [-0.15, -0.1) is 0 Å². The Labute approximate surface area is 194 Å².